The van der Waals surface area contributed by atoms with Crippen molar-refractivity contribution in [3.63, 3.8) is 0 Å². The first kappa shape index (κ1) is 18.1. The van der Waals surface area contributed by atoms with Crippen LogP contribution in [0.25, 0.3) is 0 Å². The normalized spacial score (nSPS) is 21.3. The molecule has 1 aromatic rings. The first-order valence-electron chi connectivity index (χ1n) is 8.61. The third-order valence-electron chi connectivity index (χ3n) is 5.10. The van der Waals surface area contributed by atoms with Crippen LogP contribution in [0.4, 0.5) is 8.78 Å². The fourth-order valence-corrected chi connectivity index (χ4v) is 3.80. The molecule has 0 saturated carbocycles. The molecular weight excluding hydrogens is 330 g/mol. The van der Waals surface area contributed by atoms with E-state index in [0.717, 1.165) is 29.7 Å². The van der Waals surface area contributed by atoms with E-state index in [1.54, 1.807) is 16.9 Å². The Labute approximate surface area is 146 Å². The van der Waals surface area contributed by atoms with Gasteiger partial charge in [-0.1, -0.05) is 12.1 Å². The molecule has 0 spiro atoms. The number of aryl methyl sites for hydroxylation is 1. The number of ether oxygens (including phenoxy) is 1. The molecule has 1 unspecified atom stereocenters. The number of methoxy groups -OCH3 is 1. The summed E-state index contributed by atoms with van der Waals surface area (Å²) >= 11 is 0. The van der Waals surface area contributed by atoms with Gasteiger partial charge in [-0.15, -0.1) is 0 Å². The monoisotopic (exact) mass is 354 g/mol. The second-order valence-corrected chi connectivity index (χ2v) is 6.74. The third kappa shape index (κ3) is 3.77. The van der Waals surface area contributed by atoms with E-state index < -0.39 is 19.1 Å². The zero-order chi connectivity index (χ0) is 18.0. The first-order valence-corrected chi connectivity index (χ1v) is 8.61. The van der Waals surface area contributed by atoms with Crippen LogP contribution in [0.15, 0.2) is 18.2 Å². The summed E-state index contributed by atoms with van der Waals surface area (Å²) in [5.41, 5.74) is 2.13. The maximum absolute atomic E-state index is 13.3. The molecule has 1 aromatic carbocycles. The lowest BCUT2D eigenvalue weighted by Crippen LogP contribution is -2.52. The molecule has 7 heteroatoms. The molecule has 5 nitrogen and oxygen atoms in total. The second kappa shape index (κ2) is 7.25. The number of aliphatic hydroxyl groups excluding tert-OH is 1. The van der Waals surface area contributed by atoms with Crippen molar-refractivity contribution in [2.75, 3.05) is 46.4 Å². The summed E-state index contributed by atoms with van der Waals surface area (Å²) in [7, 11) is 1.61. The van der Waals surface area contributed by atoms with Crippen LogP contribution >= 0.6 is 0 Å². The fraction of sp³-hybridized carbons (Fsp3) is 0.611. The largest absolute Gasteiger partial charge is 0.496 e. The Hall–Kier alpha value is -1.73. The number of alkyl halides is 2. The number of hydrogen-bond acceptors (Lipinski definition) is 4. The van der Waals surface area contributed by atoms with E-state index in [1.807, 2.05) is 18.2 Å². The molecule has 2 aliphatic rings. The van der Waals surface area contributed by atoms with Crippen molar-refractivity contribution >= 4 is 5.91 Å². The highest BCUT2D eigenvalue weighted by molar-refractivity contribution is 5.86. The molecule has 25 heavy (non-hydrogen) atoms. The van der Waals surface area contributed by atoms with Crippen LogP contribution in [-0.2, 0) is 11.2 Å². The third-order valence-corrected chi connectivity index (χ3v) is 5.10. The Balaban J connectivity index is 1.64. The smallest absolute Gasteiger partial charge is 0.283 e. The number of hydrogen-bond donors (Lipinski definition) is 1. The summed E-state index contributed by atoms with van der Waals surface area (Å²) in [6.45, 7) is 0.0404. The van der Waals surface area contributed by atoms with Crippen molar-refractivity contribution in [3.8, 4) is 5.75 Å². The number of fused-ring (bicyclic) bond motifs is 1. The molecule has 3 rings (SSSR count). The molecule has 1 aliphatic heterocycles. The van der Waals surface area contributed by atoms with Crippen LogP contribution in [-0.4, -0.2) is 73.2 Å². The number of nitrogens with zero attached hydrogens (tertiary/aromatic N) is 2. The predicted molar refractivity (Wildman–Crippen MR) is 89.1 cm³/mol. The fourth-order valence-electron chi connectivity index (χ4n) is 3.80. The minimum Gasteiger partial charge on any atom is -0.496 e. The van der Waals surface area contributed by atoms with Crippen molar-refractivity contribution < 1.29 is 23.4 Å². The van der Waals surface area contributed by atoms with Crippen molar-refractivity contribution in [3.05, 3.63) is 29.3 Å². The summed E-state index contributed by atoms with van der Waals surface area (Å²) < 4.78 is 32.0. The van der Waals surface area contributed by atoms with E-state index in [2.05, 4.69) is 0 Å². The molecule has 0 aromatic heterocycles. The predicted octanol–water partition coefficient (Wildman–Crippen LogP) is 1.50. The standard InChI is InChI=1S/C18H24F2N2O3/c1-25-15-4-2-3-13-5-6-14(16(13)15)17(24)22-9-7-21(8-10-22)11-18(19,20)12-23/h2-4,14,23H,5-12H2,1H3. The van der Waals surface area contributed by atoms with Gasteiger partial charge >= 0.3 is 0 Å². The molecule has 0 bridgehead atoms. The maximum atomic E-state index is 13.3. The molecule has 1 amide bonds. The van der Waals surface area contributed by atoms with E-state index in [0.29, 0.717) is 26.2 Å². The topological polar surface area (TPSA) is 53.0 Å². The number of amides is 1. The van der Waals surface area contributed by atoms with Crippen LogP contribution in [0.5, 0.6) is 5.75 Å². The van der Waals surface area contributed by atoms with Gasteiger partial charge < -0.3 is 14.7 Å². The Morgan fingerprint density at radius 1 is 1.32 bits per heavy atom. The molecule has 1 N–H and O–H groups in total. The van der Waals surface area contributed by atoms with Gasteiger partial charge in [-0.05, 0) is 24.5 Å². The number of halogens is 2. The number of benzene rings is 1. The van der Waals surface area contributed by atoms with Gasteiger partial charge in [-0.2, -0.15) is 0 Å². The summed E-state index contributed by atoms with van der Waals surface area (Å²) in [5, 5.41) is 8.70. The van der Waals surface area contributed by atoms with E-state index in [4.69, 9.17) is 9.84 Å². The van der Waals surface area contributed by atoms with E-state index in [-0.39, 0.29) is 11.8 Å². The zero-order valence-corrected chi connectivity index (χ0v) is 14.4. The molecule has 1 saturated heterocycles. The van der Waals surface area contributed by atoms with Crippen molar-refractivity contribution in [1.29, 1.82) is 0 Å². The molecule has 1 atom stereocenters. The Morgan fingerprint density at radius 2 is 2.04 bits per heavy atom. The van der Waals surface area contributed by atoms with E-state index in [9.17, 15) is 13.6 Å². The van der Waals surface area contributed by atoms with E-state index in [1.165, 1.54) is 0 Å². The molecule has 1 fully saturated rings. The quantitative estimate of drug-likeness (QED) is 0.871. The highest BCUT2D eigenvalue weighted by atomic mass is 19.3. The Bertz CT molecular complexity index is 631. The molecule has 1 heterocycles. The highest BCUT2D eigenvalue weighted by Gasteiger charge is 2.37. The number of rotatable bonds is 5. The second-order valence-electron chi connectivity index (χ2n) is 6.74. The zero-order valence-electron chi connectivity index (χ0n) is 14.4. The van der Waals surface area contributed by atoms with Gasteiger partial charge in [0.05, 0.1) is 19.6 Å². The van der Waals surface area contributed by atoms with Gasteiger partial charge in [0.1, 0.15) is 12.4 Å². The minimum absolute atomic E-state index is 0.0526. The van der Waals surface area contributed by atoms with Gasteiger partial charge in [0.25, 0.3) is 5.92 Å². The lowest BCUT2D eigenvalue weighted by molar-refractivity contribution is -0.135. The lowest BCUT2D eigenvalue weighted by Gasteiger charge is -2.37. The summed E-state index contributed by atoms with van der Waals surface area (Å²) in [6, 6.07) is 5.84. The molecule has 1 aliphatic carbocycles. The van der Waals surface area contributed by atoms with Crippen molar-refractivity contribution in [2.45, 2.75) is 24.7 Å². The van der Waals surface area contributed by atoms with Crippen LogP contribution in [0, 0.1) is 0 Å². The number of carbonyl (C=O) groups excluding carboxylic acids is 1. The summed E-state index contributed by atoms with van der Waals surface area (Å²) in [6.07, 6.45) is 1.61. The van der Waals surface area contributed by atoms with Gasteiger partial charge in [0.15, 0.2) is 0 Å². The number of carbonyl (C=O) groups is 1. The molecule has 138 valence electrons. The van der Waals surface area contributed by atoms with E-state index >= 15 is 0 Å². The van der Waals surface area contributed by atoms with Gasteiger partial charge in [0.2, 0.25) is 5.91 Å². The van der Waals surface area contributed by atoms with Crippen LogP contribution < -0.4 is 4.74 Å². The van der Waals surface area contributed by atoms with Crippen LogP contribution in [0.2, 0.25) is 0 Å². The van der Waals surface area contributed by atoms with Gasteiger partial charge in [-0.3, -0.25) is 9.69 Å². The molecule has 0 radical (unpaired) electrons. The highest BCUT2D eigenvalue weighted by Crippen LogP contribution is 2.40. The first-order chi connectivity index (χ1) is 11.9. The molecular formula is C18H24F2N2O3. The number of piperazine rings is 1. The van der Waals surface area contributed by atoms with Gasteiger partial charge in [-0.25, -0.2) is 8.78 Å². The van der Waals surface area contributed by atoms with Gasteiger partial charge in [0, 0.05) is 31.7 Å². The minimum atomic E-state index is -3.09. The average molecular weight is 354 g/mol. The van der Waals surface area contributed by atoms with Crippen molar-refractivity contribution in [1.82, 2.24) is 9.80 Å². The van der Waals surface area contributed by atoms with Crippen LogP contribution in [0.1, 0.15) is 23.5 Å². The average Bonchev–Trinajstić information content (AvgIpc) is 3.05. The SMILES string of the molecule is COc1cccc2c1C(C(=O)N1CCN(CC(F)(F)CO)CC1)CC2. The number of aliphatic hydroxyl groups is 1. The lowest BCUT2D eigenvalue weighted by atomic mass is 9.98. The van der Waals surface area contributed by atoms with Crippen molar-refractivity contribution in [2.24, 2.45) is 0 Å². The Morgan fingerprint density at radius 3 is 2.68 bits per heavy atom. The van der Waals surface area contributed by atoms with Crippen LogP contribution in [0.3, 0.4) is 0 Å². The summed E-state index contributed by atoms with van der Waals surface area (Å²) in [5.74, 6) is -2.51. The Kier molecular flexibility index (Phi) is 5.24. The summed E-state index contributed by atoms with van der Waals surface area (Å²) in [4.78, 5) is 16.3. The maximum Gasteiger partial charge on any atom is 0.283 e.